The van der Waals surface area contributed by atoms with E-state index in [-0.39, 0.29) is 5.91 Å². The Morgan fingerprint density at radius 1 is 1.18 bits per heavy atom. The molecule has 1 aliphatic carbocycles. The van der Waals surface area contributed by atoms with Gasteiger partial charge in [0.25, 0.3) is 5.91 Å². The standard InChI is InChI=1S/C24H20N6OS.C4H11NO/c25-13-16-8-10-18(11-9-16)21-15-30(29-28-21)14-17-4-3-5-19(12-17)23(31)27-24-26-20-6-1-2-7-22(20)32-24;1-5-3-4-6-2/h3-5,8-12,15H,1-2,6-7,14H2,(H,26,27,31);5H,3-4H2,1-2H3. The first-order chi connectivity index (χ1) is 18.6. The van der Waals surface area contributed by atoms with E-state index in [1.54, 1.807) is 41.3 Å². The number of carbonyl (C=O) groups is 1. The third-order valence-corrected chi connectivity index (χ3v) is 7.08. The molecule has 0 aliphatic heterocycles. The SMILES string of the molecule is CNCCOC.N#Cc1ccc(-c2cn(Cc3cccc(C(=O)Nc4nc5c(s4)CCCC5)c3)nn2)cc1. The van der Waals surface area contributed by atoms with Crippen molar-refractivity contribution in [1.82, 2.24) is 25.3 Å². The minimum Gasteiger partial charge on any atom is -0.383 e. The summed E-state index contributed by atoms with van der Waals surface area (Å²) in [5.74, 6) is -0.158. The second kappa shape index (κ2) is 13.6. The van der Waals surface area contributed by atoms with Crippen LogP contribution in [0.25, 0.3) is 11.3 Å². The molecule has 5 rings (SSSR count). The Balaban J connectivity index is 0.000000505. The number of amides is 1. The number of nitrogens with zero attached hydrogens (tertiary/aromatic N) is 5. The van der Waals surface area contributed by atoms with Gasteiger partial charge < -0.3 is 10.1 Å². The molecule has 196 valence electrons. The number of rotatable bonds is 8. The van der Waals surface area contributed by atoms with Crippen LogP contribution in [0.2, 0.25) is 0 Å². The van der Waals surface area contributed by atoms with Crippen molar-refractivity contribution in [3.8, 4) is 17.3 Å². The van der Waals surface area contributed by atoms with Crippen molar-refractivity contribution in [1.29, 1.82) is 5.26 Å². The lowest BCUT2D eigenvalue weighted by atomic mass is 10.0. The largest absolute Gasteiger partial charge is 0.383 e. The minimum atomic E-state index is -0.158. The maximum Gasteiger partial charge on any atom is 0.257 e. The average Bonchev–Trinajstić information content (AvgIpc) is 3.59. The first-order valence-electron chi connectivity index (χ1n) is 12.5. The van der Waals surface area contributed by atoms with Crippen LogP contribution in [-0.4, -0.2) is 53.2 Å². The maximum atomic E-state index is 12.8. The fourth-order valence-corrected chi connectivity index (χ4v) is 5.05. The van der Waals surface area contributed by atoms with Crippen molar-refractivity contribution in [2.24, 2.45) is 0 Å². The zero-order chi connectivity index (χ0) is 26.7. The Labute approximate surface area is 226 Å². The molecule has 0 fully saturated rings. The number of methoxy groups -OCH3 is 1. The van der Waals surface area contributed by atoms with Gasteiger partial charge in [0.2, 0.25) is 0 Å². The van der Waals surface area contributed by atoms with Gasteiger partial charge in [-0.2, -0.15) is 5.26 Å². The van der Waals surface area contributed by atoms with Crippen molar-refractivity contribution in [2.75, 3.05) is 32.6 Å². The number of thiazole rings is 1. The van der Waals surface area contributed by atoms with Crippen molar-refractivity contribution in [3.63, 3.8) is 0 Å². The lowest BCUT2D eigenvalue weighted by Crippen LogP contribution is -2.12. The molecule has 0 saturated carbocycles. The molecule has 2 aromatic heterocycles. The van der Waals surface area contributed by atoms with E-state index in [1.807, 2.05) is 43.6 Å². The Hall–Kier alpha value is -3.91. The summed E-state index contributed by atoms with van der Waals surface area (Å²) in [6, 6.07) is 16.8. The van der Waals surface area contributed by atoms with E-state index >= 15 is 0 Å². The first-order valence-corrected chi connectivity index (χ1v) is 13.3. The molecule has 0 saturated heterocycles. The molecule has 0 atom stereocenters. The van der Waals surface area contributed by atoms with E-state index in [4.69, 9.17) is 10.00 Å². The van der Waals surface area contributed by atoms with Crippen LogP contribution >= 0.6 is 11.3 Å². The number of nitrogens with one attached hydrogen (secondary N) is 2. The number of anilines is 1. The Morgan fingerprint density at radius 2 is 2.00 bits per heavy atom. The van der Waals surface area contributed by atoms with Crippen LogP contribution in [0.3, 0.4) is 0 Å². The molecule has 0 spiro atoms. The summed E-state index contributed by atoms with van der Waals surface area (Å²) in [6.07, 6.45) is 6.27. The highest BCUT2D eigenvalue weighted by atomic mass is 32.1. The summed E-state index contributed by atoms with van der Waals surface area (Å²) in [5, 5.41) is 23.9. The lowest BCUT2D eigenvalue weighted by molar-refractivity contribution is 0.102. The number of aryl methyl sites for hydroxylation is 2. The maximum absolute atomic E-state index is 12.8. The highest BCUT2D eigenvalue weighted by Crippen LogP contribution is 2.29. The van der Waals surface area contributed by atoms with Crippen LogP contribution in [0.5, 0.6) is 0 Å². The number of hydrogen-bond donors (Lipinski definition) is 2. The van der Waals surface area contributed by atoms with Gasteiger partial charge >= 0.3 is 0 Å². The van der Waals surface area contributed by atoms with E-state index in [9.17, 15) is 4.79 Å². The van der Waals surface area contributed by atoms with Crippen LogP contribution in [0, 0.1) is 11.3 Å². The molecule has 2 aromatic carbocycles. The summed E-state index contributed by atoms with van der Waals surface area (Å²) in [4.78, 5) is 18.7. The lowest BCUT2D eigenvalue weighted by Gasteiger charge is -2.06. The zero-order valence-corrected chi connectivity index (χ0v) is 22.4. The van der Waals surface area contributed by atoms with Gasteiger partial charge in [0.1, 0.15) is 5.69 Å². The highest BCUT2D eigenvalue weighted by Gasteiger charge is 2.17. The van der Waals surface area contributed by atoms with Crippen LogP contribution < -0.4 is 10.6 Å². The molecule has 0 bridgehead atoms. The molecule has 4 aromatic rings. The van der Waals surface area contributed by atoms with Gasteiger partial charge in [-0.1, -0.05) is 29.5 Å². The molecule has 0 unspecified atom stereocenters. The normalized spacial score (nSPS) is 12.1. The van der Waals surface area contributed by atoms with E-state index < -0.39 is 0 Å². The number of fused-ring (bicyclic) bond motifs is 1. The third-order valence-electron chi connectivity index (χ3n) is 6.00. The van der Waals surface area contributed by atoms with Crippen LogP contribution in [0.1, 0.15) is 44.9 Å². The number of aromatic nitrogens is 4. The molecule has 2 N–H and O–H groups in total. The molecular formula is C28H31N7O2S. The quantitative estimate of drug-likeness (QED) is 0.327. The number of hydrogen-bond acceptors (Lipinski definition) is 8. The van der Waals surface area contributed by atoms with Gasteiger partial charge in [0.15, 0.2) is 5.13 Å². The fourth-order valence-electron chi connectivity index (χ4n) is 4.00. The molecule has 10 heteroatoms. The summed E-state index contributed by atoms with van der Waals surface area (Å²) >= 11 is 1.58. The second-order valence-electron chi connectivity index (χ2n) is 8.84. The van der Waals surface area contributed by atoms with Crippen molar-refractivity contribution in [3.05, 3.63) is 82.0 Å². The smallest absolute Gasteiger partial charge is 0.257 e. The monoisotopic (exact) mass is 529 g/mol. The second-order valence-corrected chi connectivity index (χ2v) is 9.92. The molecular weight excluding hydrogens is 498 g/mol. The molecule has 0 radical (unpaired) electrons. The number of ether oxygens (including phenoxy) is 1. The van der Waals surface area contributed by atoms with Gasteiger partial charge in [-0.3, -0.25) is 10.1 Å². The molecule has 38 heavy (non-hydrogen) atoms. The molecule has 1 amide bonds. The number of nitriles is 1. The summed E-state index contributed by atoms with van der Waals surface area (Å²) < 4.78 is 6.46. The van der Waals surface area contributed by atoms with Gasteiger partial charge in [0, 0.05) is 29.7 Å². The Morgan fingerprint density at radius 3 is 2.71 bits per heavy atom. The number of carbonyl (C=O) groups excluding carboxylic acids is 1. The van der Waals surface area contributed by atoms with Crippen molar-refractivity contribution >= 4 is 22.4 Å². The third kappa shape index (κ3) is 7.32. The van der Waals surface area contributed by atoms with E-state index in [1.165, 1.54) is 17.7 Å². The van der Waals surface area contributed by atoms with Gasteiger partial charge in [-0.15, -0.1) is 16.4 Å². The first kappa shape index (κ1) is 27.1. The predicted octanol–water partition coefficient (Wildman–Crippen LogP) is 4.30. The molecule has 2 heterocycles. The average molecular weight is 530 g/mol. The van der Waals surface area contributed by atoms with Gasteiger partial charge in [-0.05, 0) is 62.6 Å². The Bertz CT molecular complexity index is 1360. The summed E-state index contributed by atoms with van der Waals surface area (Å²) in [5.41, 5.74) is 4.91. The zero-order valence-electron chi connectivity index (χ0n) is 21.6. The highest BCUT2D eigenvalue weighted by molar-refractivity contribution is 7.15. The molecule has 9 nitrogen and oxygen atoms in total. The van der Waals surface area contributed by atoms with E-state index in [0.717, 1.165) is 48.5 Å². The number of likely N-dealkylation sites (N-methyl/N-ethyl adjacent to an activating group) is 1. The minimum absolute atomic E-state index is 0.158. The van der Waals surface area contributed by atoms with Gasteiger partial charge in [-0.25, -0.2) is 9.67 Å². The predicted molar refractivity (Wildman–Crippen MR) is 148 cm³/mol. The van der Waals surface area contributed by atoms with Crippen LogP contribution in [-0.2, 0) is 24.1 Å². The fraction of sp³-hybridized carbons (Fsp3) is 0.321. The number of benzene rings is 2. The topological polar surface area (TPSA) is 118 Å². The van der Waals surface area contributed by atoms with Crippen molar-refractivity contribution in [2.45, 2.75) is 32.2 Å². The molecule has 1 aliphatic rings. The summed E-state index contributed by atoms with van der Waals surface area (Å²) in [6.45, 7) is 2.24. The van der Waals surface area contributed by atoms with Gasteiger partial charge in [0.05, 0.1) is 36.7 Å². The van der Waals surface area contributed by atoms with Crippen molar-refractivity contribution < 1.29 is 9.53 Å². The van der Waals surface area contributed by atoms with Crippen LogP contribution in [0.4, 0.5) is 5.13 Å². The summed E-state index contributed by atoms with van der Waals surface area (Å²) in [7, 11) is 3.59. The van der Waals surface area contributed by atoms with E-state index in [0.29, 0.717) is 22.8 Å². The Kier molecular flexibility index (Phi) is 9.70. The van der Waals surface area contributed by atoms with E-state index in [2.05, 4.69) is 32.0 Å². The van der Waals surface area contributed by atoms with Crippen LogP contribution in [0.15, 0.2) is 54.7 Å².